The summed E-state index contributed by atoms with van der Waals surface area (Å²) in [6.45, 7) is 0.392. The molecule has 0 saturated carbocycles. The molecule has 0 aliphatic heterocycles. The lowest BCUT2D eigenvalue weighted by atomic mass is 10.00. The number of benzene rings is 1. The van der Waals surface area contributed by atoms with Crippen LogP contribution in [0.5, 0.6) is 0 Å². The average molecular weight is 247 g/mol. The van der Waals surface area contributed by atoms with E-state index in [2.05, 4.69) is 5.43 Å². The van der Waals surface area contributed by atoms with Crippen molar-refractivity contribution in [3.05, 3.63) is 35.4 Å². The third-order valence-electron chi connectivity index (χ3n) is 2.39. The molecule has 1 atom stereocenters. The first-order chi connectivity index (χ1) is 7.86. The van der Waals surface area contributed by atoms with Crippen LogP contribution < -0.4 is 11.3 Å². The van der Waals surface area contributed by atoms with Crippen molar-refractivity contribution in [1.82, 2.24) is 10.3 Å². The Morgan fingerprint density at radius 3 is 2.35 bits per heavy atom. The van der Waals surface area contributed by atoms with Crippen molar-refractivity contribution in [2.75, 3.05) is 20.6 Å². The number of hydrogen-bond donors (Lipinski definition) is 2. The first kappa shape index (κ1) is 14.0. The quantitative estimate of drug-likeness (QED) is 0.629. The monoisotopic (exact) mass is 247 g/mol. The van der Waals surface area contributed by atoms with Crippen LogP contribution in [0.25, 0.3) is 0 Å². The van der Waals surface area contributed by atoms with E-state index in [0.717, 1.165) is 6.07 Å². The number of halogens is 3. The average Bonchev–Trinajstić information content (AvgIpc) is 2.24. The largest absolute Gasteiger partial charge is 0.416 e. The number of alkyl halides is 3. The Hall–Kier alpha value is -1.11. The van der Waals surface area contributed by atoms with E-state index in [4.69, 9.17) is 5.84 Å². The highest BCUT2D eigenvalue weighted by atomic mass is 19.4. The van der Waals surface area contributed by atoms with Crippen molar-refractivity contribution in [2.24, 2.45) is 5.84 Å². The van der Waals surface area contributed by atoms with E-state index in [1.165, 1.54) is 12.1 Å². The molecule has 0 radical (unpaired) electrons. The van der Waals surface area contributed by atoms with Gasteiger partial charge in [-0.15, -0.1) is 0 Å². The number of hydrazine groups is 1. The van der Waals surface area contributed by atoms with Gasteiger partial charge in [0.25, 0.3) is 0 Å². The van der Waals surface area contributed by atoms with Crippen LogP contribution >= 0.6 is 0 Å². The highest BCUT2D eigenvalue weighted by Crippen LogP contribution is 2.34. The van der Waals surface area contributed by atoms with Gasteiger partial charge in [0.05, 0.1) is 11.6 Å². The third kappa shape index (κ3) is 3.69. The van der Waals surface area contributed by atoms with Gasteiger partial charge in [0.15, 0.2) is 0 Å². The predicted molar refractivity (Wildman–Crippen MR) is 60.1 cm³/mol. The maximum Gasteiger partial charge on any atom is 0.416 e. The molecule has 1 aromatic rings. The minimum atomic E-state index is -4.36. The summed E-state index contributed by atoms with van der Waals surface area (Å²) in [7, 11) is 3.56. The summed E-state index contributed by atoms with van der Waals surface area (Å²) < 4.78 is 38.4. The second kappa shape index (κ2) is 5.48. The summed E-state index contributed by atoms with van der Waals surface area (Å²) >= 11 is 0. The second-order valence-electron chi connectivity index (χ2n) is 4.07. The smallest absolute Gasteiger partial charge is 0.307 e. The van der Waals surface area contributed by atoms with E-state index in [9.17, 15) is 13.2 Å². The standard InChI is InChI=1S/C11H16F3N3/c1-17(2)7-10(16-15)8-5-3-4-6-9(8)11(12,13)14/h3-6,10,16H,7,15H2,1-2H3. The van der Waals surface area contributed by atoms with Crippen LogP contribution in [0.4, 0.5) is 13.2 Å². The van der Waals surface area contributed by atoms with Gasteiger partial charge in [-0.25, -0.2) is 0 Å². The lowest BCUT2D eigenvalue weighted by Gasteiger charge is -2.23. The molecule has 0 bridgehead atoms. The van der Waals surface area contributed by atoms with Crippen molar-refractivity contribution in [2.45, 2.75) is 12.2 Å². The number of nitrogens with two attached hydrogens (primary N) is 1. The topological polar surface area (TPSA) is 41.3 Å². The summed E-state index contributed by atoms with van der Waals surface area (Å²) in [6.07, 6.45) is -4.36. The Morgan fingerprint density at radius 2 is 1.88 bits per heavy atom. The molecule has 0 aliphatic carbocycles. The van der Waals surface area contributed by atoms with E-state index in [1.807, 2.05) is 0 Å². The van der Waals surface area contributed by atoms with E-state index >= 15 is 0 Å². The van der Waals surface area contributed by atoms with Crippen molar-refractivity contribution >= 4 is 0 Å². The third-order valence-corrected chi connectivity index (χ3v) is 2.39. The van der Waals surface area contributed by atoms with Gasteiger partial charge in [-0.05, 0) is 25.7 Å². The van der Waals surface area contributed by atoms with Gasteiger partial charge >= 0.3 is 6.18 Å². The summed E-state index contributed by atoms with van der Waals surface area (Å²) in [5.41, 5.74) is 1.94. The van der Waals surface area contributed by atoms with E-state index < -0.39 is 17.8 Å². The number of rotatable bonds is 4. The van der Waals surface area contributed by atoms with Crippen molar-refractivity contribution in [3.8, 4) is 0 Å². The van der Waals surface area contributed by atoms with Crippen LogP contribution in [0.1, 0.15) is 17.2 Å². The molecule has 17 heavy (non-hydrogen) atoms. The van der Waals surface area contributed by atoms with E-state index in [-0.39, 0.29) is 5.56 Å². The maximum atomic E-state index is 12.8. The second-order valence-corrected chi connectivity index (χ2v) is 4.07. The maximum absolute atomic E-state index is 12.8. The molecule has 96 valence electrons. The van der Waals surface area contributed by atoms with Crippen molar-refractivity contribution in [1.29, 1.82) is 0 Å². The van der Waals surface area contributed by atoms with Crippen LogP contribution in [0.15, 0.2) is 24.3 Å². The fraction of sp³-hybridized carbons (Fsp3) is 0.455. The Balaban J connectivity index is 3.11. The molecule has 0 spiro atoms. The van der Waals surface area contributed by atoms with Gasteiger partial charge in [-0.3, -0.25) is 11.3 Å². The first-order valence-corrected chi connectivity index (χ1v) is 5.13. The molecular weight excluding hydrogens is 231 g/mol. The molecule has 0 fully saturated rings. The molecule has 0 heterocycles. The van der Waals surface area contributed by atoms with E-state index in [1.54, 1.807) is 25.1 Å². The van der Waals surface area contributed by atoms with Crippen LogP contribution in [-0.4, -0.2) is 25.5 Å². The Labute approximate surface area is 98.4 Å². The Morgan fingerprint density at radius 1 is 1.29 bits per heavy atom. The van der Waals surface area contributed by atoms with Gasteiger partial charge < -0.3 is 4.90 Å². The fourth-order valence-corrected chi connectivity index (χ4v) is 1.67. The summed E-state index contributed by atoms with van der Waals surface area (Å²) in [5, 5.41) is 0. The molecule has 6 heteroatoms. The predicted octanol–water partition coefficient (Wildman–Crippen LogP) is 1.77. The van der Waals surface area contributed by atoms with Gasteiger partial charge in [0.1, 0.15) is 0 Å². The number of hydrogen-bond acceptors (Lipinski definition) is 3. The molecule has 3 nitrogen and oxygen atoms in total. The number of likely N-dealkylation sites (N-methyl/N-ethyl adjacent to an activating group) is 1. The minimum Gasteiger partial charge on any atom is -0.307 e. The SMILES string of the molecule is CN(C)CC(NN)c1ccccc1C(F)(F)F. The zero-order chi connectivity index (χ0) is 13.1. The van der Waals surface area contributed by atoms with Gasteiger partial charge in [-0.2, -0.15) is 13.2 Å². The zero-order valence-electron chi connectivity index (χ0n) is 9.75. The lowest BCUT2D eigenvalue weighted by Crippen LogP contribution is -2.36. The number of nitrogens with one attached hydrogen (secondary N) is 1. The molecule has 0 aliphatic rings. The van der Waals surface area contributed by atoms with Gasteiger partial charge in [0, 0.05) is 6.54 Å². The lowest BCUT2D eigenvalue weighted by molar-refractivity contribution is -0.138. The Bertz CT molecular complexity index is 363. The molecule has 0 aromatic heterocycles. The summed E-state index contributed by atoms with van der Waals surface area (Å²) in [5.74, 6) is 5.32. The highest BCUT2D eigenvalue weighted by Gasteiger charge is 2.34. The van der Waals surface area contributed by atoms with Crippen LogP contribution in [0.2, 0.25) is 0 Å². The molecule has 1 unspecified atom stereocenters. The van der Waals surface area contributed by atoms with E-state index in [0.29, 0.717) is 6.54 Å². The summed E-state index contributed by atoms with van der Waals surface area (Å²) in [6, 6.07) is 4.90. The fourth-order valence-electron chi connectivity index (χ4n) is 1.67. The molecule has 0 saturated heterocycles. The minimum absolute atomic E-state index is 0.163. The van der Waals surface area contributed by atoms with Crippen molar-refractivity contribution < 1.29 is 13.2 Å². The normalized spacial score (nSPS) is 14.1. The molecule has 3 N–H and O–H groups in total. The van der Waals surface area contributed by atoms with Gasteiger partial charge in [-0.1, -0.05) is 18.2 Å². The first-order valence-electron chi connectivity index (χ1n) is 5.13. The van der Waals surface area contributed by atoms with Gasteiger partial charge in [0.2, 0.25) is 0 Å². The van der Waals surface area contributed by atoms with Crippen LogP contribution in [-0.2, 0) is 6.18 Å². The molecule has 1 rings (SSSR count). The van der Waals surface area contributed by atoms with Crippen molar-refractivity contribution in [3.63, 3.8) is 0 Å². The zero-order valence-corrected chi connectivity index (χ0v) is 9.75. The molecule has 0 amide bonds. The number of nitrogens with zero attached hydrogens (tertiary/aromatic N) is 1. The highest BCUT2D eigenvalue weighted by molar-refractivity contribution is 5.32. The molecule has 1 aromatic carbocycles. The summed E-state index contributed by atoms with van der Waals surface area (Å²) in [4.78, 5) is 1.78. The van der Waals surface area contributed by atoms with Crippen LogP contribution in [0, 0.1) is 0 Å². The Kier molecular flexibility index (Phi) is 4.50. The van der Waals surface area contributed by atoms with Crippen LogP contribution in [0.3, 0.4) is 0 Å². The molecular formula is C11H16F3N3.